The fourth-order valence-electron chi connectivity index (χ4n) is 2.37. The molecule has 23 heavy (non-hydrogen) atoms. The van der Waals surface area contributed by atoms with E-state index in [0.717, 1.165) is 0 Å². The lowest BCUT2D eigenvalue weighted by Crippen LogP contribution is -2.05. The minimum absolute atomic E-state index is 0.0516. The van der Waals surface area contributed by atoms with E-state index in [9.17, 15) is 18.6 Å². The number of aromatic hydroxyl groups is 2. The lowest BCUT2D eigenvalue weighted by molar-refractivity contribution is 0.389. The number of phenolic OH excluding ortho intramolecular Hbond substituents is 2. The highest BCUT2D eigenvalue weighted by atomic mass is 32.2. The minimum atomic E-state index is -3.93. The molecule has 0 saturated heterocycles. The summed E-state index contributed by atoms with van der Waals surface area (Å²) in [5.74, 6) is -1.07. The van der Waals surface area contributed by atoms with Gasteiger partial charge in [0.25, 0.3) is 0 Å². The molecule has 4 nitrogen and oxygen atoms in total. The molecule has 0 unspecified atom stereocenters. The molecule has 5 heteroatoms. The summed E-state index contributed by atoms with van der Waals surface area (Å²) in [7, 11) is -3.93. The molecule has 0 saturated carbocycles. The van der Waals surface area contributed by atoms with Gasteiger partial charge in [0.15, 0.2) is 11.5 Å². The Balaban J connectivity index is 2.73. The summed E-state index contributed by atoms with van der Waals surface area (Å²) in [6.07, 6.45) is 3.87. The molecule has 2 aromatic rings. The van der Waals surface area contributed by atoms with Crippen LogP contribution in [0.4, 0.5) is 0 Å². The Morgan fingerprint density at radius 2 is 1.57 bits per heavy atom. The van der Waals surface area contributed by atoms with E-state index in [0.29, 0.717) is 24.0 Å². The predicted molar refractivity (Wildman–Crippen MR) is 89.5 cm³/mol. The average molecular weight is 330 g/mol. The molecule has 0 aliphatic rings. The second-order valence-electron chi connectivity index (χ2n) is 5.01. The molecule has 0 fully saturated rings. The van der Waals surface area contributed by atoms with Crippen molar-refractivity contribution in [2.45, 2.75) is 22.6 Å². The molecule has 0 aromatic heterocycles. The molecular formula is C18H18O4S. The van der Waals surface area contributed by atoms with Crippen LogP contribution in [0.3, 0.4) is 0 Å². The number of rotatable bonds is 6. The van der Waals surface area contributed by atoms with Gasteiger partial charge in [0.05, 0.1) is 4.90 Å². The maximum absolute atomic E-state index is 12.7. The normalized spacial score (nSPS) is 11.1. The Labute approximate surface area is 136 Å². The molecule has 2 N–H and O–H groups in total. The van der Waals surface area contributed by atoms with E-state index in [-0.39, 0.29) is 9.79 Å². The number of benzene rings is 2. The Bertz CT molecular complexity index is 837. The SMILES string of the molecule is C=CCc1cc(S(=O)(=O)c2ccccc2)c(O)c(O)c1CC=C. The Morgan fingerprint density at radius 3 is 2.13 bits per heavy atom. The van der Waals surface area contributed by atoms with Crippen LogP contribution in [-0.2, 0) is 22.7 Å². The van der Waals surface area contributed by atoms with Crippen LogP contribution in [0, 0.1) is 0 Å². The molecule has 0 aliphatic heterocycles. The van der Waals surface area contributed by atoms with Crippen molar-refractivity contribution in [3.63, 3.8) is 0 Å². The summed E-state index contributed by atoms with van der Waals surface area (Å²) < 4.78 is 25.4. The van der Waals surface area contributed by atoms with Gasteiger partial charge in [-0.15, -0.1) is 13.2 Å². The zero-order valence-electron chi connectivity index (χ0n) is 12.6. The van der Waals surface area contributed by atoms with E-state index in [1.54, 1.807) is 30.4 Å². The minimum Gasteiger partial charge on any atom is -0.504 e. The van der Waals surface area contributed by atoms with Crippen molar-refractivity contribution in [2.75, 3.05) is 0 Å². The fourth-order valence-corrected chi connectivity index (χ4v) is 3.78. The molecule has 120 valence electrons. The van der Waals surface area contributed by atoms with Crippen molar-refractivity contribution in [1.29, 1.82) is 0 Å². The van der Waals surface area contributed by atoms with E-state index in [4.69, 9.17) is 0 Å². The molecule has 2 rings (SSSR count). The van der Waals surface area contributed by atoms with Crippen LogP contribution >= 0.6 is 0 Å². The lowest BCUT2D eigenvalue weighted by atomic mass is 10.00. The zero-order valence-corrected chi connectivity index (χ0v) is 13.4. The van der Waals surface area contributed by atoms with Crippen molar-refractivity contribution in [1.82, 2.24) is 0 Å². The van der Waals surface area contributed by atoms with Crippen LogP contribution < -0.4 is 0 Å². The second kappa shape index (κ2) is 6.71. The molecule has 2 aromatic carbocycles. The molecule has 0 amide bonds. The van der Waals surface area contributed by atoms with E-state index >= 15 is 0 Å². The Kier molecular flexibility index (Phi) is 4.91. The summed E-state index contributed by atoms with van der Waals surface area (Å²) in [6, 6.07) is 9.17. The third kappa shape index (κ3) is 3.14. The topological polar surface area (TPSA) is 74.6 Å². The summed E-state index contributed by atoms with van der Waals surface area (Å²) in [5.41, 5.74) is 1.04. The van der Waals surface area contributed by atoms with Gasteiger partial charge >= 0.3 is 0 Å². The third-order valence-corrected chi connectivity index (χ3v) is 5.28. The molecule has 0 spiro atoms. The van der Waals surface area contributed by atoms with Crippen LogP contribution in [-0.4, -0.2) is 18.6 Å². The first-order chi connectivity index (χ1) is 10.9. The number of sulfone groups is 1. The predicted octanol–water partition coefficient (Wildman–Crippen LogP) is 3.39. The average Bonchev–Trinajstić information content (AvgIpc) is 2.55. The van der Waals surface area contributed by atoms with E-state index in [1.807, 2.05) is 0 Å². The van der Waals surface area contributed by atoms with Gasteiger partial charge in [-0.05, 0) is 36.6 Å². The zero-order chi connectivity index (χ0) is 17.0. The standard InChI is InChI=1S/C18H18O4S/c1-3-8-13-12-16(18(20)17(19)15(13)9-4-2)23(21,22)14-10-6-5-7-11-14/h3-7,10-12,19-20H,1-2,8-9H2. The van der Waals surface area contributed by atoms with Gasteiger partial charge in [0.2, 0.25) is 9.84 Å². The lowest BCUT2D eigenvalue weighted by Gasteiger charge is -2.15. The van der Waals surface area contributed by atoms with Crippen molar-refractivity contribution in [3.8, 4) is 11.5 Å². The number of hydrogen-bond donors (Lipinski definition) is 2. The first-order valence-electron chi connectivity index (χ1n) is 7.02. The van der Waals surface area contributed by atoms with Gasteiger partial charge in [-0.25, -0.2) is 8.42 Å². The van der Waals surface area contributed by atoms with E-state index in [1.165, 1.54) is 18.2 Å². The maximum Gasteiger partial charge on any atom is 0.210 e. The van der Waals surface area contributed by atoms with Crippen molar-refractivity contribution in [3.05, 3.63) is 72.8 Å². The van der Waals surface area contributed by atoms with E-state index < -0.39 is 21.3 Å². The van der Waals surface area contributed by atoms with Crippen LogP contribution in [0.1, 0.15) is 11.1 Å². The summed E-state index contributed by atoms with van der Waals surface area (Å²) >= 11 is 0. The number of phenols is 2. The number of allylic oxidation sites excluding steroid dienone is 2. The van der Waals surface area contributed by atoms with Gasteiger partial charge in [0, 0.05) is 5.56 Å². The first-order valence-corrected chi connectivity index (χ1v) is 8.50. The largest absolute Gasteiger partial charge is 0.504 e. The fraction of sp³-hybridized carbons (Fsp3) is 0.111. The van der Waals surface area contributed by atoms with Crippen LogP contribution in [0.5, 0.6) is 11.5 Å². The Morgan fingerprint density at radius 1 is 0.957 bits per heavy atom. The maximum atomic E-state index is 12.7. The molecular weight excluding hydrogens is 312 g/mol. The van der Waals surface area contributed by atoms with Gasteiger partial charge in [-0.1, -0.05) is 30.4 Å². The van der Waals surface area contributed by atoms with Crippen LogP contribution in [0.15, 0.2) is 71.5 Å². The third-order valence-electron chi connectivity index (χ3n) is 3.49. The molecule has 0 bridgehead atoms. The molecule has 0 atom stereocenters. The molecule has 0 heterocycles. The van der Waals surface area contributed by atoms with E-state index in [2.05, 4.69) is 13.2 Å². The second-order valence-corrected chi connectivity index (χ2v) is 6.93. The highest BCUT2D eigenvalue weighted by Gasteiger charge is 2.26. The van der Waals surface area contributed by atoms with Gasteiger partial charge in [0.1, 0.15) is 4.90 Å². The highest BCUT2D eigenvalue weighted by molar-refractivity contribution is 7.91. The summed E-state index contributed by atoms with van der Waals surface area (Å²) in [6.45, 7) is 7.25. The monoisotopic (exact) mass is 330 g/mol. The van der Waals surface area contributed by atoms with Crippen LogP contribution in [0.25, 0.3) is 0 Å². The van der Waals surface area contributed by atoms with Crippen molar-refractivity contribution >= 4 is 9.84 Å². The van der Waals surface area contributed by atoms with Gasteiger partial charge < -0.3 is 10.2 Å². The van der Waals surface area contributed by atoms with Crippen molar-refractivity contribution in [2.24, 2.45) is 0 Å². The summed E-state index contributed by atoms with van der Waals surface area (Å²) in [5, 5.41) is 20.4. The smallest absolute Gasteiger partial charge is 0.210 e. The quantitative estimate of drug-likeness (QED) is 0.629. The van der Waals surface area contributed by atoms with Gasteiger partial charge in [-0.3, -0.25) is 0 Å². The van der Waals surface area contributed by atoms with Gasteiger partial charge in [-0.2, -0.15) is 0 Å². The number of hydrogen-bond acceptors (Lipinski definition) is 4. The van der Waals surface area contributed by atoms with Crippen LogP contribution in [0.2, 0.25) is 0 Å². The summed E-state index contributed by atoms with van der Waals surface area (Å²) in [4.78, 5) is -0.262. The van der Waals surface area contributed by atoms with Crippen molar-refractivity contribution < 1.29 is 18.6 Å². The molecule has 0 radical (unpaired) electrons. The first kappa shape index (κ1) is 16.8. The Hall–Kier alpha value is -2.53. The highest BCUT2D eigenvalue weighted by Crippen LogP contribution is 2.40. The molecule has 0 aliphatic carbocycles.